The highest BCUT2D eigenvalue weighted by molar-refractivity contribution is 6.46. The second-order valence-corrected chi connectivity index (χ2v) is 16.1. The van der Waals surface area contributed by atoms with Crippen LogP contribution in [0.3, 0.4) is 0 Å². The van der Waals surface area contributed by atoms with Gasteiger partial charge in [-0.15, -0.1) is 0 Å². The second kappa shape index (κ2) is 14.8. The Morgan fingerprint density at radius 2 is 0.732 bits per heavy atom. The zero-order valence-electron chi connectivity index (χ0n) is 26.0. The predicted octanol–water partition coefficient (Wildman–Crippen LogP) is 11.8. The summed E-state index contributed by atoms with van der Waals surface area (Å²) in [5.41, 5.74) is 6.04. The normalized spacial score (nSPS) is 22.0. The topological polar surface area (TPSA) is 18.5 Å². The molecule has 4 saturated carbocycles. The Balaban J connectivity index is 1.34. The molecule has 222 valence electrons. The van der Waals surface area contributed by atoms with Crippen molar-refractivity contribution in [3.8, 4) is 11.5 Å². The number of hydrogen-bond donors (Lipinski definition) is 0. The summed E-state index contributed by atoms with van der Waals surface area (Å²) in [6, 6.07) is 14.4. The van der Waals surface area contributed by atoms with Gasteiger partial charge in [-0.25, -0.2) is 0 Å². The molecule has 0 bridgehead atoms. The maximum Gasteiger partial charge on any atom is 0.856 e. The lowest BCUT2D eigenvalue weighted by atomic mass is 9.79. The van der Waals surface area contributed by atoms with Gasteiger partial charge in [0.15, 0.2) is 0 Å². The molecule has 0 saturated heterocycles. The average Bonchev–Trinajstić information content (AvgIpc) is 3.06. The number of benzene rings is 2. The quantitative estimate of drug-likeness (QED) is 0.279. The van der Waals surface area contributed by atoms with Crippen LogP contribution in [0.5, 0.6) is 11.5 Å². The van der Waals surface area contributed by atoms with Crippen LogP contribution in [0.25, 0.3) is 0 Å². The predicted molar refractivity (Wildman–Crippen MR) is 174 cm³/mol. The molecule has 0 radical (unpaired) electrons. The average molecular weight is 571 g/mol. The Kier molecular flexibility index (Phi) is 10.7. The summed E-state index contributed by atoms with van der Waals surface area (Å²) >= 11 is -2.00. The highest BCUT2D eigenvalue weighted by Gasteiger charge is 2.37. The van der Waals surface area contributed by atoms with E-state index >= 15 is 0 Å². The Bertz CT molecular complexity index is 929. The molecular weight excluding hydrogens is 515 g/mol. The van der Waals surface area contributed by atoms with Crippen LogP contribution in [0.2, 0.25) is 5.28 Å². The lowest BCUT2D eigenvalue weighted by Crippen LogP contribution is -2.31. The van der Waals surface area contributed by atoms with Gasteiger partial charge in [0.2, 0.25) is 0 Å². The number of hydrogen-bond acceptors (Lipinski definition) is 2. The van der Waals surface area contributed by atoms with Gasteiger partial charge in [0.25, 0.3) is 0 Å². The minimum absolute atomic E-state index is 0.654. The van der Waals surface area contributed by atoms with Gasteiger partial charge >= 0.3 is 14.8 Å². The Hall–Kier alpha value is -1.43. The SMILES string of the molecule is C[CH2][Al]([O]c1c(C2CCCCC2)cccc1C1CCCCC1)[O]c1c(C2CCCCC2)cccc1C1CCCCC1. The first-order chi connectivity index (χ1) is 20.3. The molecule has 0 heterocycles. The van der Waals surface area contributed by atoms with Crippen molar-refractivity contribution >= 4 is 14.8 Å². The van der Waals surface area contributed by atoms with Crippen LogP contribution >= 0.6 is 0 Å². The van der Waals surface area contributed by atoms with Gasteiger partial charge in [0.1, 0.15) is 0 Å². The Morgan fingerprint density at radius 3 is 0.976 bits per heavy atom. The highest BCUT2D eigenvalue weighted by atomic mass is 27.2. The van der Waals surface area contributed by atoms with Gasteiger partial charge in [0.05, 0.1) is 11.5 Å². The standard InChI is InChI=1S/2C18H26O.C2H5.Al/c2*19-18-16(14-8-3-1-4-9-14)12-7-13-17(18)15-10-5-2-6-11-15;1-2;/h2*7,12-15,19H,1-6,8-11H2;1H2,2H3;/q;;;+2/p-2. The number of rotatable bonds is 9. The molecule has 3 heteroatoms. The van der Waals surface area contributed by atoms with E-state index in [0.717, 1.165) is 5.28 Å². The van der Waals surface area contributed by atoms with Crippen LogP contribution in [-0.2, 0) is 0 Å². The van der Waals surface area contributed by atoms with Crippen molar-refractivity contribution in [3.63, 3.8) is 0 Å². The van der Waals surface area contributed by atoms with E-state index in [1.807, 2.05) is 0 Å². The van der Waals surface area contributed by atoms with Crippen LogP contribution in [0.15, 0.2) is 36.4 Å². The molecule has 4 aliphatic carbocycles. The molecule has 41 heavy (non-hydrogen) atoms. The fourth-order valence-electron chi connectivity index (χ4n) is 8.81. The van der Waals surface area contributed by atoms with E-state index in [1.165, 1.54) is 162 Å². The third kappa shape index (κ3) is 7.21. The summed E-state index contributed by atoms with van der Waals surface area (Å²) in [6.45, 7) is 2.32. The smallest absolute Gasteiger partial charge is 0.611 e. The maximum absolute atomic E-state index is 7.34. The van der Waals surface area contributed by atoms with E-state index in [9.17, 15) is 0 Å². The summed E-state index contributed by atoms with van der Waals surface area (Å²) in [5.74, 6) is 5.14. The minimum Gasteiger partial charge on any atom is -0.611 e. The summed E-state index contributed by atoms with van der Waals surface area (Å²) in [7, 11) is 0. The van der Waals surface area contributed by atoms with Crippen LogP contribution in [0.4, 0.5) is 0 Å². The van der Waals surface area contributed by atoms with Crippen LogP contribution in [-0.4, -0.2) is 14.8 Å². The summed E-state index contributed by atoms with van der Waals surface area (Å²) in [4.78, 5) is 0. The molecule has 0 aliphatic heterocycles. The van der Waals surface area contributed by atoms with Crippen molar-refractivity contribution in [2.75, 3.05) is 0 Å². The second-order valence-electron chi connectivity index (χ2n) is 13.9. The fourth-order valence-corrected chi connectivity index (χ4v) is 10.3. The third-order valence-corrected chi connectivity index (χ3v) is 12.8. The monoisotopic (exact) mass is 570 g/mol. The van der Waals surface area contributed by atoms with Gasteiger partial charge in [-0.05, 0) is 103 Å². The molecule has 0 N–H and O–H groups in total. The summed E-state index contributed by atoms with van der Waals surface area (Å²) < 4.78 is 14.7. The zero-order valence-corrected chi connectivity index (χ0v) is 27.2. The molecule has 0 unspecified atom stereocenters. The van der Waals surface area contributed by atoms with Crippen molar-refractivity contribution in [2.45, 2.75) is 164 Å². The zero-order chi connectivity index (χ0) is 27.9. The molecule has 0 amide bonds. The molecule has 2 aromatic rings. The van der Waals surface area contributed by atoms with E-state index < -0.39 is 14.8 Å². The van der Waals surface area contributed by atoms with Crippen molar-refractivity contribution in [2.24, 2.45) is 0 Å². The molecular formula is C38H55AlO2. The van der Waals surface area contributed by atoms with Crippen LogP contribution in [0, 0.1) is 0 Å². The van der Waals surface area contributed by atoms with Crippen LogP contribution in [0.1, 0.15) is 181 Å². The largest absolute Gasteiger partial charge is 0.856 e. The number of para-hydroxylation sites is 2. The molecule has 0 spiro atoms. The molecule has 4 fully saturated rings. The first-order valence-electron chi connectivity index (χ1n) is 17.9. The summed E-state index contributed by atoms with van der Waals surface area (Å²) in [6.07, 6.45) is 27.0. The lowest BCUT2D eigenvalue weighted by molar-refractivity contribution is 0.372. The molecule has 6 rings (SSSR count). The van der Waals surface area contributed by atoms with Gasteiger partial charge < -0.3 is 7.58 Å². The fraction of sp³-hybridized carbons (Fsp3) is 0.684. The van der Waals surface area contributed by atoms with Gasteiger partial charge in [-0.3, -0.25) is 0 Å². The third-order valence-electron chi connectivity index (χ3n) is 11.2. The summed E-state index contributed by atoms with van der Waals surface area (Å²) in [5, 5.41) is 1.01. The molecule has 2 aromatic carbocycles. The van der Waals surface area contributed by atoms with Crippen LogP contribution < -0.4 is 7.58 Å². The van der Waals surface area contributed by atoms with E-state index in [2.05, 4.69) is 43.3 Å². The minimum atomic E-state index is -2.00. The van der Waals surface area contributed by atoms with Crippen molar-refractivity contribution in [1.82, 2.24) is 0 Å². The Labute approximate surface area is 256 Å². The van der Waals surface area contributed by atoms with Crippen molar-refractivity contribution < 1.29 is 7.58 Å². The Morgan fingerprint density at radius 1 is 0.463 bits per heavy atom. The van der Waals surface area contributed by atoms with Crippen molar-refractivity contribution in [1.29, 1.82) is 0 Å². The maximum atomic E-state index is 7.34. The lowest BCUT2D eigenvalue weighted by Gasteiger charge is -2.33. The first-order valence-corrected chi connectivity index (χ1v) is 19.7. The van der Waals surface area contributed by atoms with Gasteiger partial charge in [0, 0.05) is 0 Å². The first kappa shape index (κ1) is 29.6. The molecule has 2 nitrogen and oxygen atoms in total. The van der Waals surface area contributed by atoms with E-state index in [-0.39, 0.29) is 0 Å². The van der Waals surface area contributed by atoms with E-state index in [0.29, 0.717) is 23.7 Å². The van der Waals surface area contributed by atoms with Crippen molar-refractivity contribution in [3.05, 3.63) is 58.7 Å². The van der Waals surface area contributed by atoms with Gasteiger partial charge in [-0.2, -0.15) is 0 Å². The van der Waals surface area contributed by atoms with E-state index in [1.54, 1.807) is 0 Å². The molecule has 4 aliphatic rings. The molecule has 0 aromatic heterocycles. The highest BCUT2D eigenvalue weighted by Crippen LogP contribution is 2.47. The molecule has 0 atom stereocenters. The van der Waals surface area contributed by atoms with E-state index in [4.69, 9.17) is 7.58 Å². The van der Waals surface area contributed by atoms with Gasteiger partial charge in [-0.1, -0.05) is 120 Å².